The summed E-state index contributed by atoms with van der Waals surface area (Å²) in [5, 5.41) is 2.55. The maximum Gasteiger partial charge on any atom is 0.274 e. The number of hydrogen-bond donors (Lipinski definition) is 0. The van der Waals surface area contributed by atoms with Gasteiger partial charge in [-0.2, -0.15) is 5.01 Å². The maximum atomic E-state index is 13.6. The van der Waals surface area contributed by atoms with Gasteiger partial charge < -0.3 is 0 Å². The molecule has 0 N–H and O–H groups in total. The summed E-state index contributed by atoms with van der Waals surface area (Å²) >= 11 is 24.4. The topological polar surface area (TPSA) is 74.8 Å². The minimum Gasteiger partial charge on any atom is -0.292 e. The summed E-state index contributed by atoms with van der Waals surface area (Å²) < 4.78 is 0. The van der Waals surface area contributed by atoms with Crippen LogP contribution in [0.1, 0.15) is 40.0 Å². The van der Waals surface area contributed by atoms with Crippen molar-refractivity contribution in [3.05, 3.63) is 67.6 Å². The van der Waals surface area contributed by atoms with Crippen LogP contribution in [0.5, 0.6) is 0 Å². The molecule has 2 saturated carbocycles. The molecule has 34 heavy (non-hydrogen) atoms. The van der Waals surface area contributed by atoms with E-state index in [0.717, 1.165) is 29.3 Å². The maximum absolute atomic E-state index is 13.6. The molecule has 1 saturated heterocycles. The van der Waals surface area contributed by atoms with Gasteiger partial charge in [0.05, 0.1) is 27.4 Å². The fourth-order valence-corrected chi connectivity index (χ4v) is 6.61. The number of amides is 3. The van der Waals surface area contributed by atoms with Crippen LogP contribution < -0.4 is 0 Å². The molecule has 5 rings (SSSR count). The average Bonchev–Trinajstić information content (AvgIpc) is 3.45. The van der Waals surface area contributed by atoms with Crippen molar-refractivity contribution in [2.24, 2.45) is 23.7 Å². The quantitative estimate of drug-likeness (QED) is 0.367. The molecule has 0 radical (unpaired) electrons. The fraction of sp³-hybridized carbons (Fsp3) is 0.333. The summed E-state index contributed by atoms with van der Waals surface area (Å²) in [4.78, 5) is 53.7. The van der Waals surface area contributed by atoms with Gasteiger partial charge in [0.25, 0.3) is 17.7 Å². The molecule has 3 amide bonds. The molecule has 6 nitrogen and oxygen atoms in total. The highest BCUT2D eigenvalue weighted by Gasteiger charge is 2.62. The highest BCUT2D eigenvalue weighted by molar-refractivity contribution is 6.37. The van der Waals surface area contributed by atoms with Crippen LogP contribution in [0.2, 0.25) is 20.1 Å². The molecule has 2 aromatic rings. The first-order valence-corrected chi connectivity index (χ1v) is 12.3. The van der Waals surface area contributed by atoms with Gasteiger partial charge in [-0.3, -0.25) is 19.2 Å². The van der Waals surface area contributed by atoms with E-state index in [1.165, 1.54) is 36.4 Å². The van der Waals surface area contributed by atoms with Crippen LogP contribution in [-0.4, -0.2) is 40.1 Å². The van der Waals surface area contributed by atoms with Crippen molar-refractivity contribution >= 4 is 69.9 Å². The molecule has 3 fully saturated rings. The van der Waals surface area contributed by atoms with E-state index < -0.39 is 41.9 Å². The molecule has 2 aromatic carbocycles. The third kappa shape index (κ3) is 3.81. The number of ketones is 1. The number of imide groups is 1. The first-order valence-electron chi connectivity index (χ1n) is 10.8. The average molecular weight is 540 g/mol. The zero-order valence-electron chi connectivity index (χ0n) is 17.6. The first-order chi connectivity index (χ1) is 16.2. The standard InChI is InChI=1S/C24H18Cl4N2O4/c25-13-3-5-15(17(27)8-13)19(31)10-29(22(32)16-6-4-14(26)9-18(16)28)30-23(33)20-11-1-2-12(7-11)21(20)24(30)34/h3-6,8-9,11-12,20-21H,1-2,7,10H2/t11-,12-,20+,21+/m0/s1. The number of carbonyl (C=O) groups excluding carboxylic acids is 4. The van der Waals surface area contributed by atoms with Crippen molar-refractivity contribution in [1.29, 1.82) is 0 Å². The van der Waals surface area contributed by atoms with Gasteiger partial charge in [0.15, 0.2) is 5.78 Å². The van der Waals surface area contributed by atoms with Gasteiger partial charge in [-0.15, -0.1) is 0 Å². The van der Waals surface area contributed by atoms with E-state index in [4.69, 9.17) is 46.4 Å². The van der Waals surface area contributed by atoms with Gasteiger partial charge >= 0.3 is 0 Å². The number of carbonyl (C=O) groups is 4. The molecule has 2 aliphatic carbocycles. The van der Waals surface area contributed by atoms with Gasteiger partial charge in [0.2, 0.25) is 0 Å². The molecule has 176 valence electrons. The summed E-state index contributed by atoms with van der Waals surface area (Å²) in [7, 11) is 0. The number of hydrazine groups is 1. The van der Waals surface area contributed by atoms with Crippen molar-refractivity contribution in [2.45, 2.75) is 19.3 Å². The lowest BCUT2D eigenvalue weighted by atomic mass is 9.81. The van der Waals surface area contributed by atoms with Crippen LogP contribution in [0.4, 0.5) is 0 Å². The predicted octanol–water partition coefficient (Wildman–Crippen LogP) is 5.57. The number of Topliss-reactive ketones (excluding diaryl/α,β-unsaturated/α-hetero) is 1. The van der Waals surface area contributed by atoms with Gasteiger partial charge in [-0.25, -0.2) is 5.01 Å². The highest BCUT2D eigenvalue weighted by Crippen LogP contribution is 2.56. The Hall–Kier alpha value is -2.12. The summed E-state index contributed by atoms with van der Waals surface area (Å²) in [6, 6.07) is 8.60. The largest absolute Gasteiger partial charge is 0.292 e. The van der Waals surface area contributed by atoms with Crippen LogP contribution in [0.25, 0.3) is 0 Å². The van der Waals surface area contributed by atoms with Gasteiger partial charge in [-0.1, -0.05) is 46.4 Å². The highest BCUT2D eigenvalue weighted by atomic mass is 35.5. The van der Waals surface area contributed by atoms with Crippen molar-refractivity contribution in [2.75, 3.05) is 6.54 Å². The molecule has 4 atom stereocenters. The van der Waals surface area contributed by atoms with E-state index in [1.54, 1.807) is 0 Å². The molecule has 0 unspecified atom stereocenters. The minimum atomic E-state index is -0.755. The number of benzene rings is 2. The normalized spacial score (nSPS) is 25.1. The van der Waals surface area contributed by atoms with Crippen molar-refractivity contribution in [3.8, 4) is 0 Å². The SMILES string of the molecule is O=C(CN(C(=O)c1ccc(Cl)cc1Cl)N1C(=O)[C@@H]2[C@H]3CC[C@@H](C3)[C@H]2C1=O)c1ccc(Cl)cc1Cl. The number of hydrogen-bond acceptors (Lipinski definition) is 4. The molecular weight excluding hydrogens is 522 g/mol. The molecule has 1 heterocycles. The van der Waals surface area contributed by atoms with Crippen LogP contribution in [0.15, 0.2) is 36.4 Å². The lowest BCUT2D eigenvalue weighted by molar-refractivity contribution is -0.154. The van der Waals surface area contributed by atoms with Crippen molar-refractivity contribution in [1.82, 2.24) is 10.0 Å². The third-order valence-electron chi connectivity index (χ3n) is 7.07. The van der Waals surface area contributed by atoms with Crippen LogP contribution in [-0.2, 0) is 9.59 Å². The second-order valence-corrected chi connectivity index (χ2v) is 10.6. The van der Waals surface area contributed by atoms with E-state index in [0.29, 0.717) is 10.0 Å². The zero-order chi connectivity index (χ0) is 24.3. The second-order valence-electron chi connectivity index (χ2n) is 8.91. The Labute approximate surface area is 215 Å². The number of rotatable bonds is 5. The molecule has 0 spiro atoms. The van der Waals surface area contributed by atoms with E-state index in [9.17, 15) is 19.2 Å². The lowest BCUT2D eigenvalue weighted by Gasteiger charge is -2.31. The Morgan fingerprint density at radius 3 is 1.82 bits per heavy atom. The molecule has 10 heteroatoms. The summed E-state index contributed by atoms with van der Waals surface area (Å²) in [5.41, 5.74) is 0.132. The molecule has 0 aromatic heterocycles. The summed E-state index contributed by atoms with van der Waals surface area (Å²) in [6.45, 7) is -0.578. The molecule has 3 aliphatic rings. The Morgan fingerprint density at radius 2 is 1.32 bits per heavy atom. The van der Waals surface area contributed by atoms with Crippen molar-refractivity contribution in [3.63, 3.8) is 0 Å². The fourth-order valence-electron chi connectivity index (χ4n) is 5.60. The van der Waals surface area contributed by atoms with Gasteiger partial charge in [0.1, 0.15) is 6.54 Å². The Balaban J connectivity index is 1.53. The number of fused-ring (bicyclic) bond motifs is 5. The molecule has 2 bridgehead atoms. The Bertz CT molecular complexity index is 1220. The van der Waals surface area contributed by atoms with E-state index in [2.05, 4.69) is 0 Å². The van der Waals surface area contributed by atoms with Crippen LogP contribution >= 0.6 is 46.4 Å². The van der Waals surface area contributed by atoms with E-state index >= 15 is 0 Å². The lowest BCUT2D eigenvalue weighted by Crippen LogP contribution is -2.52. The van der Waals surface area contributed by atoms with E-state index in [1.807, 2.05) is 0 Å². The molecule has 1 aliphatic heterocycles. The van der Waals surface area contributed by atoms with Gasteiger partial charge in [0, 0.05) is 15.6 Å². The third-order valence-corrected chi connectivity index (χ3v) is 8.16. The van der Waals surface area contributed by atoms with Crippen LogP contribution in [0, 0.1) is 23.7 Å². The number of nitrogens with zero attached hydrogens (tertiary/aromatic N) is 2. The van der Waals surface area contributed by atoms with Gasteiger partial charge in [-0.05, 0) is 67.5 Å². The summed E-state index contributed by atoms with van der Waals surface area (Å²) in [6.07, 6.45) is 2.61. The molecular formula is C24H18Cl4N2O4. The monoisotopic (exact) mass is 538 g/mol. The predicted molar refractivity (Wildman–Crippen MR) is 128 cm³/mol. The first kappa shape index (κ1) is 23.6. The Morgan fingerprint density at radius 1 is 0.824 bits per heavy atom. The van der Waals surface area contributed by atoms with E-state index in [-0.39, 0.29) is 33.0 Å². The van der Waals surface area contributed by atoms with Crippen molar-refractivity contribution < 1.29 is 19.2 Å². The second kappa shape index (κ2) is 8.83. The summed E-state index contributed by atoms with van der Waals surface area (Å²) in [5.74, 6) is -2.89. The Kier molecular flexibility index (Phi) is 6.13. The minimum absolute atomic E-state index is 0.0155. The van der Waals surface area contributed by atoms with Crippen LogP contribution in [0.3, 0.4) is 0 Å². The number of halogens is 4. The smallest absolute Gasteiger partial charge is 0.274 e. The zero-order valence-corrected chi connectivity index (χ0v) is 20.7.